The van der Waals surface area contributed by atoms with Gasteiger partial charge >= 0.3 is 0 Å². The lowest BCUT2D eigenvalue weighted by atomic mass is 10.2. The van der Waals surface area contributed by atoms with Crippen LogP contribution >= 0.6 is 0 Å². The minimum atomic E-state index is -0.570. The Hall–Kier alpha value is -1.58. The van der Waals surface area contributed by atoms with E-state index in [1.165, 1.54) is 0 Å². The van der Waals surface area contributed by atoms with E-state index in [1.807, 2.05) is 43.3 Å². The number of benzene rings is 1. The highest BCUT2D eigenvalue weighted by Gasteiger charge is 1.99. The zero-order valence-corrected chi connectivity index (χ0v) is 10.9. The molecule has 1 aromatic rings. The molecule has 0 amide bonds. The number of allylic oxidation sites excluding steroid dienone is 3. The SMILES string of the molecule is C/C=C\C=C\[C@@H](O)COCc1ccc(OC)cc1. The molecule has 1 rings (SSSR count). The molecule has 0 saturated carbocycles. The highest BCUT2D eigenvalue weighted by Crippen LogP contribution is 2.11. The maximum Gasteiger partial charge on any atom is 0.118 e. The first-order valence-corrected chi connectivity index (χ1v) is 5.94. The predicted octanol–water partition coefficient (Wildman–Crippen LogP) is 2.71. The van der Waals surface area contributed by atoms with Crippen molar-refractivity contribution >= 4 is 0 Å². The second-order valence-electron chi connectivity index (χ2n) is 3.84. The zero-order chi connectivity index (χ0) is 13.2. The van der Waals surface area contributed by atoms with Crippen LogP contribution < -0.4 is 4.74 Å². The number of rotatable bonds is 7. The molecule has 3 nitrogen and oxygen atoms in total. The summed E-state index contributed by atoms with van der Waals surface area (Å²) in [6, 6.07) is 7.67. The number of hydrogen-bond donors (Lipinski definition) is 1. The van der Waals surface area contributed by atoms with Gasteiger partial charge in [-0.1, -0.05) is 36.4 Å². The summed E-state index contributed by atoms with van der Waals surface area (Å²) in [5.74, 6) is 0.827. The Kier molecular flexibility index (Phi) is 6.84. The third kappa shape index (κ3) is 5.66. The average Bonchev–Trinajstić information content (AvgIpc) is 2.40. The smallest absolute Gasteiger partial charge is 0.118 e. The van der Waals surface area contributed by atoms with Crippen LogP contribution in [0, 0.1) is 0 Å². The molecule has 1 aromatic carbocycles. The molecule has 1 atom stereocenters. The molecule has 0 radical (unpaired) electrons. The van der Waals surface area contributed by atoms with E-state index in [1.54, 1.807) is 19.3 Å². The summed E-state index contributed by atoms with van der Waals surface area (Å²) in [6.07, 6.45) is 6.71. The molecule has 1 N–H and O–H groups in total. The van der Waals surface area contributed by atoms with E-state index in [2.05, 4.69) is 0 Å². The maximum absolute atomic E-state index is 9.57. The summed E-state index contributed by atoms with van der Waals surface area (Å²) in [6.45, 7) is 2.70. The summed E-state index contributed by atoms with van der Waals surface area (Å²) < 4.78 is 10.5. The van der Waals surface area contributed by atoms with Crippen molar-refractivity contribution in [2.45, 2.75) is 19.6 Å². The van der Waals surface area contributed by atoms with Gasteiger partial charge in [0.25, 0.3) is 0 Å². The van der Waals surface area contributed by atoms with Crippen molar-refractivity contribution < 1.29 is 14.6 Å². The molecule has 18 heavy (non-hydrogen) atoms. The van der Waals surface area contributed by atoms with Crippen LogP contribution in [0.2, 0.25) is 0 Å². The summed E-state index contributed by atoms with van der Waals surface area (Å²) in [5, 5.41) is 9.57. The number of ether oxygens (including phenoxy) is 2. The molecule has 0 aliphatic heterocycles. The monoisotopic (exact) mass is 248 g/mol. The highest BCUT2D eigenvalue weighted by atomic mass is 16.5. The van der Waals surface area contributed by atoms with Crippen molar-refractivity contribution in [2.24, 2.45) is 0 Å². The van der Waals surface area contributed by atoms with Gasteiger partial charge in [-0.2, -0.15) is 0 Å². The molecule has 0 aliphatic rings. The van der Waals surface area contributed by atoms with Gasteiger partial charge in [0, 0.05) is 0 Å². The van der Waals surface area contributed by atoms with Crippen LogP contribution in [0.15, 0.2) is 48.6 Å². The molecule has 0 saturated heterocycles. The van der Waals surface area contributed by atoms with Crippen LogP contribution in [0.3, 0.4) is 0 Å². The predicted molar refractivity (Wildman–Crippen MR) is 72.6 cm³/mol. The lowest BCUT2D eigenvalue weighted by Crippen LogP contribution is -2.11. The standard InChI is InChI=1S/C15H20O3/c1-3-4-5-6-14(16)12-18-11-13-7-9-15(17-2)10-8-13/h3-10,14,16H,11-12H2,1-2H3/b4-3-,6-5+/t14-/m1/s1. The van der Waals surface area contributed by atoms with E-state index in [0.717, 1.165) is 11.3 Å². The third-order valence-corrected chi connectivity index (χ3v) is 2.35. The number of aliphatic hydroxyl groups is 1. The zero-order valence-electron chi connectivity index (χ0n) is 10.9. The summed E-state index contributed by atoms with van der Waals surface area (Å²) >= 11 is 0. The fourth-order valence-electron chi connectivity index (χ4n) is 1.38. The van der Waals surface area contributed by atoms with Gasteiger partial charge in [-0.3, -0.25) is 0 Å². The summed E-state index contributed by atoms with van der Waals surface area (Å²) in [4.78, 5) is 0. The van der Waals surface area contributed by atoms with Gasteiger partial charge in [-0.25, -0.2) is 0 Å². The van der Waals surface area contributed by atoms with E-state index < -0.39 is 6.10 Å². The van der Waals surface area contributed by atoms with Crippen LogP contribution in [0.25, 0.3) is 0 Å². The van der Waals surface area contributed by atoms with Gasteiger partial charge in [-0.05, 0) is 24.6 Å². The molecular weight excluding hydrogens is 228 g/mol. The fourth-order valence-corrected chi connectivity index (χ4v) is 1.38. The quantitative estimate of drug-likeness (QED) is 0.754. The molecule has 98 valence electrons. The van der Waals surface area contributed by atoms with Gasteiger partial charge in [0.2, 0.25) is 0 Å². The average molecular weight is 248 g/mol. The summed E-state index contributed by atoms with van der Waals surface area (Å²) in [7, 11) is 1.64. The van der Waals surface area contributed by atoms with Crippen LogP contribution in [0.1, 0.15) is 12.5 Å². The Bertz CT molecular complexity index is 379. The summed E-state index contributed by atoms with van der Waals surface area (Å²) in [5.41, 5.74) is 1.06. The Morgan fingerprint density at radius 1 is 1.22 bits per heavy atom. The molecule has 3 heteroatoms. The molecular formula is C15H20O3. The van der Waals surface area contributed by atoms with Gasteiger partial charge in [-0.15, -0.1) is 0 Å². The number of hydrogen-bond acceptors (Lipinski definition) is 3. The third-order valence-electron chi connectivity index (χ3n) is 2.35. The second kappa shape index (κ2) is 8.50. The first-order valence-electron chi connectivity index (χ1n) is 5.94. The van der Waals surface area contributed by atoms with E-state index in [4.69, 9.17) is 9.47 Å². The van der Waals surface area contributed by atoms with Gasteiger partial charge < -0.3 is 14.6 Å². The van der Waals surface area contributed by atoms with Crippen molar-refractivity contribution in [3.8, 4) is 5.75 Å². The number of aliphatic hydroxyl groups excluding tert-OH is 1. The lowest BCUT2D eigenvalue weighted by Gasteiger charge is -2.07. The fraction of sp³-hybridized carbons (Fsp3) is 0.333. The van der Waals surface area contributed by atoms with Gasteiger partial charge in [0.15, 0.2) is 0 Å². The highest BCUT2D eigenvalue weighted by molar-refractivity contribution is 5.26. The van der Waals surface area contributed by atoms with E-state index in [9.17, 15) is 5.11 Å². The first-order chi connectivity index (χ1) is 8.76. The largest absolute Gasteiger partial charge is 0.497 e. The second-order valence-corrected chi connectivity index (χ2v) is 3.84. The normalized spacial score (nSPS) is 13.3. The van der Waals surface area contributed by atoms with Crippen LogP contribution in [-0.2, 0) is 11.3 Å². The first kappa shape index (κ1) is 14.5. The Morgan fingerprint density at radius 3 is 2.56 bits per heavy atom. The van der Waals surface area contributed by atoms with Crippen molar-refractivity contribution in [3.63, 3.8) is 0 Å². The lowest BCUT2D eigenvalue weighted by molar-refractivity contribution is 0.0503. The maximum atomic E-state index is 9.57. The van der Waals surface area contributed by atoms with Gasteiger partial charge in [0.1, 0.15) is 5.75 Å². The van der Waals surface area contributed by atoms with Crippen molar-refractivity contribution in [3.05, 3.63) is 54.1 Å². The molecule has 0 heterocycles. The molecule has 0 spiro atoms. The van der Waals surface area contributed by atoms with Crippen molar-refractivity contribution in [1.29, 1.82) is 0 Å². The van der Waals surface area contributed by atoms with Crippen LogP contribution in [-0.4, -0.2) is 24.9 Å². The number of methoxy groups -OCH3 is 1. The Labute approximate surface area is 108 Å². The molecule has 0 aromatic heterocycles. The van der Waals surface area contributed by atoms with E-state index in [0.29, 0.717) is 13.2 Å². The van der Waals surface area contributed by atoms with Crippen LogP contribution in [0.4, 0.5) is 0 Å². The minimum Gasteiger partial charge on any atom is -0.497 e. The molecule has 0 fully saturated rings. The Morgan fingerprint density at radius 2 is 1.94 bits per heavy atom. The van der Waals surface area contributed by atoms with E-state index >= 15 is 0 Å². The molecule has 0 aliphatic carbocycles. The topological polar surface area (TPSA) is 38.7 Å². The van der Waals surface area contributed by atoms with Crippen molar-refractivity contribution in [1.82, 2.24) is 0 Å². The van der Waals surface area contributed by atoms with Crippen LogP contribution in [0.5, 0.6) is 5.75 Å². The van der Waals surface area contributed by atoms with E-state index in [-0.39, 0.29) is 0 Å². The Balaban J connectivity index is 2.28. The minimum absolute atomic E-state index is 0.292. The van der Waals surface area contributed by atoms with Gasteiger partial charge in [0.05, 0.1) is 26.4 Å². The molecule has 0 unspecified atom stereocenters. The molecule has 0 bridgehead atoms. The van der Waals surface area contributed by atoms with Crippen molar-refractivity contribution in [2.75, 3.05) is 13.7 Å².